The molecule has 1 aromatic heterocycles. The molecular formula is C12H19N3. The van der Waals surface area contributed by atoms with Gasteiger partial charge in [0.1, 0.15) is 5.82 Å². The van der Waals surface area contributed by atoms with Crippen molar-refractivity contribution in [1.82, 2.24) is 9.88 Å². The fourth-order valence-electron chi connectivity index (χ4n) is 2.20. The number of nitrogen functional groups attached to an aromatic ring is 1. The summed E-state index contributed by atoms with van der Waals surface area (Å²) in [5, 5.41) is 0. The van der Waals surface area contributed by atoms with Gasteiger partial charge in [-0.15, -0.1) is 0 Å². The SMILES string of the molecule is CCC1CCN(Cc2cccc(N)n2)C1. The van der Waals surface area contributed by atoms with Crippen molar-refractivity contribution in [2.75, 3.05) is 18.8 Å². The molecule has 0 saturated carbocycles. The molecule has 1 atom stereocenters. The van der Waals surface area contributed by atoms with Gasteiger partial charge in [-0.2, -0.15) is 0 Å². The van der Waals surface area contributed by atoms with Crippen molar-refractivity contribution in [3.05, 3.63) is 23.9 Å². The zero-order valence-corrected chi connectivity index (χ0v) is 9.32. The summed E-state index contributed by atoms with van der Waals surface area (Å²) in [5.74, 6) is 1.50. The molecule has 2 N–H and O–H groups in total. The fraction of sp³-hybridized carbons (Fsp3) is 0.583. The van der Waals surface area contributed by atoms with Crippen molar-refractivity contribution in [2.45, 2.75) is 26.3 Å². The number of nitrogens with two attached hydrogens (primary N) is 1. The maximum atomic E-state index is 5.66. The average molecular weight is 205 g/mol. The average Bonchev–Trinajstić information content (AvgIpc) is 2.65. The molecule has 82 valence electrons. The third-order valence-corrected chi connectivity index (χ3v) is 3.16. The van der Waals surface area contributed by atoms with Gasteiger partial charge in [-0.05, 0) is 31.0 Å². The predicted octanol–water partition coefficient (Wildman–Crippen LogP) is 1.90. The standard InChI is InChI=1S/C12H19N3/c1-2-10-6-7-15(8-10)9-11-4-3-5-12(13)14-11/h3-5,10H,2,6-9H2,1H3,(H2,13,14). The number of rotatable bonds is 3. The Kier molecular flexibility index (Phi) is 3.21. The van der Waals surface area contributed by atoms with Crippen molar-refractivity contribution >= 4 is 5.82 Å². The first-order chi connectivity index (χ1) is 7.28. The minimum absolute atomic E-state index is 0.624. The van der Waals surface area contributed by atoms with Crippen LogP contribution in [0.25, 0.3) is 0 Å². The van der Waals surface area contributed by atoms with Crippen LogP contribution in [0.15, 0.2) is 18.2 Å². The number of anilines is 1. The van der Waals surface area contributed by atoms with Crippen molar-refractivity contribution < 1.29 is 0 Å². The molecular weight excluding hydrogens is 186 g/mol. The van der Waals surface area contributed by atoms with Crippen LogP contribution in [0, 0.1) is 5.92 Å². The van der Waals surface area contributed by atoms with Crippen LogP contribution in [0.3, 0.4) is 0 Å². The first-order valence-corrected chi connectivity index (χ1v) is 5.71. The molecule has 0 aliphatic carbocycles. The summed E-state index contributed by atoms with van der Waals surface area (Å²) in [7, 11) is 0. The van der Waals surface area contributed by atoms with Crippen LogP contribution in [-0.4, -0.2) is 23.0 Å². The zero-order valence-electron chi connectivity index (χ0n) is 9.32. The minimum atomic E-state index is 0.624. The third-order valence-electron chi connectivity index (χ3n) is 3.16. The molecule has 0 bridgehead atoms. The largest absolute Gasteiger partial charge is 0.384 e. The van der Waals surface area contributed by atoms with Crippen LogP contribution >= 0.6 is 0 Å². The Morgan fingerprint density at radius 3 is 3.07 bits per heavy atom. The van der Waals surface area contributed by atoms with Gasteiger partial charge in [0.2, 0.25) is 0 Å². The molecule has 1 unspecified atom stereocenters. The third kappa shape index (κ3) is 2.69. The quantitative estimate of drug-likeness (QED) is 0.819. The van der Waals surface area contributed by atoms with Gasteiger partial charge in [0, 0.05) is 13.1 Å². The van der Waals surface area contributed by atoms with Gasteiger partial charge in [-0.25, -0.2) is 4.98 Å². The molecule has 1 aliphatic heterocycles. The van der Waals surface area contributed by atoms with Crippen LogP contribution in [0.4, 0.5) is 5.82 Å². The van der Waals surface area contributed by atoms with Crippen molar-refractivity contribution in [3.63, 3.8) is 0 Å². The van der Waals surface area contributed by atoms with E-state index in [2.05, 4.69) is 22.9 Å². The van der Waals surface area contributed by atoms with E-state index in [0.29, 0.717) is 5.82 Å². The van der Waals surface area contributed by atoms with E-state index in [1.807, 2.05) is 12.1 Å². The van der Waals surface area contributed by atoms with Crippen LogP contribution in [-0.2, 0) is 6.54 Å². The summed E-state index contributed by atoms with van der Waals surface area (Å²) >= 11 is 0. The summed E-state index contributed by atoms with van der Waals surface area (Å²) in [4.78, 5) is 6.79. The Bertz CT molecular complexity index is 324. The molecule has 1 saturated heterocycles. The number of likely N-dealkylation sites (tertiary alicyclic amines) is 1. The van der Waals surface area contributed by atoms with E-state index in [1.54, 1.807) is 0 Å². The molecule has 1 fully saturated rings. The lowest BCUT2D eigenvalue weighted by Crippen LogP contribution is -2.20. The smallest absolute Gasteiger partial charge is 0.123 e. The van der Waals surface area contributed by atoms with Gasteiger partial charge in [0.25, 0.3) is 0 Å². The molecule has 15 heavy (non-hydrogen) atoms. The lowest BCUT2D eigenvalue weighted by Gasteiger charge is -2.15. The van der Waals surface area contributed by atoms with E-state index >= 15 is 0 Å². The fourth-order valence-corrected chi connectivity index (χ4v) is 2.20. The number of pyridine rings is 1. The van der Waals surface area contributed by atoms with E-state index in [9.17, 15) is 0 Å². The van der Waals surface area contributed by atoms with Crippen molar-refractivity contribution in [2.24, 2.45) is 5.92 Å². The van der Waals surface area contributed by atoms with E-state index in [1.165, 1.54) is 25.9 Å². The molecule has 0 radical (unpaired) electrons. The number of hydrogen-bond donors (Lipinski definition) is 1. The highest BCUT2D eigenvalue weighted by molar-refractivity contribution is 5.28. The molecule has 3 nitrogen and oxygen atoms in total. The summed E-state index contributed by atoms with van der Waals surface area (Å²) in [5.41, 5.74) is 6.75. The molecule has 1 aromatic rings. The normalized spacial score (nSPS) is 22.1. The van der Waals surface area contributed by atoms with E-state index < -0.39 is 0 Å². The molecule has 3 heteroatoms. The zero-order chi connectivity index (χ0) is 10.7. The van der Waals surface area contributed by atoms with Gasteiger partial charge in [-0.3, -0.25) is 4.90 Å². The van der Waals surface area contributed by atoms with E-state index in [0.717, 1.165) is 18.2 Å². The van der Waals surface area contributed by atoms with Crippen LogP contribution in [0.5, 0.6) is 0 Å². The molecule has 1 aliphatic rings. The van der Waals surface area contributed by atoms with Gasteiger partial charge in [0.15, 0.2) is 0 Å². The highest BCUT2D eigenvalue weighted by Crippen LogP contribution is 2.20. The molecule has 0 amide bonds. The number of hydrogen-bond acceptors (Lipinski definition) is 3. The second-order valence-corrected chi connectivity index (χ2v) is 4.35. The summed E-state index contributed by atoms with van der Waals surface area (Å²) in [6.45, 7) is 5.64. The molecule has 2 rings (SSSR count). The first kappa shape index (κ1) is 10.4. The Morgan fingerprint density at radius 2 is 2.40 bits per heavy atom. The van der Waals surface area contributed by atoms with Crippen molar-refractivity contribution in [1.29, 1.82) is 0 Å². The second-order valence-electron chi connectivity index (χ2n) is 4.35. The van der Waals surface area contributed by atoms with E-state index in [4.69, 9.17) is 5.73 Å². The monoisotopic (exact) mass is 205 g/mol. The lowest BCUT2D eigenvalue weighted by atomic mass is 10.1. The van der Waals surface area contributed by atoms with Gasteiger partial charge in [-0.1, -0.05) is 19.4 Å². The van der Waals surface area contributed by atoms with Crippen molar-refractivity contribution in [3.8, 4) is 0 Å². The lowest BCUT2D eigenvalue weighted by molar-refractivity contribution is 0.311. The maximum Gasteiger partial charge on any atom is 0.123 e. The van der Waals surface area contributed by atoms with Gasteiger partial charge < -0.3 is 5.73 Å². The number of nitrogens with zero attached hydrogens (tertiary/aromatic N) is 2. The van der Waals surface area contributed by atoms with E-state index in [-0.39, 0.29) is 0 Å². The maximum absolute atomic E-state index is 5.66. The topological polar surface area (TPSA) is 42.1 Å². The minimum Gasteiger partial charge on any atom is -0.384 e. The van der Waals surface area contributed by atoms with Crippen LogP contribution < -0.4 is 5.73 Å². The Hall–Kier alpha value is -1.09. The molecule has 2 heterocycles. The Morgan fingerprint density at radius 1 is 1.53 bits per heavy atom. The Balaban J connectivity index is 1.92. The second kappa shape index (κ2) is 4.62. The predicted molar refractivity (Wildman–Crippen MR) is 62.3 cm³/mol. The van der Waals surface area contributed by atoms with Crippen LogP contribution in [0.1, 0.15) is 25.5 Å². The summed E-state index contributed by atoms with van der Waals surface area (Å²) < 4.78 is 0. The molecule has 0 aromatic carbocycles. The summed E-state index contributed by atoms with van der Waals surface area (Å²) in [6, 6.07) is 5.86. The Labute approximate surface area is 91.3 Å². The van der Waals surface area contributed by atoms with Crippen LogP contribution in [0.2, 0.25) is 0 Å². The highest BCUT2D eigenvalue weighted by Gasteiger charge is 2.20. The van der Waals surface area contributed by atoms with Gasteiger partial charge in [0.05, 0.1) is 5.69 Å². The molecule has 0 spiro atoms. The summed E-state index contributed by atoms with van der Waals surface area (Å²) in [6.07, 6.45) is 2.62. The first-order valence-electron chi connectivity index (χ1n) is 5.71. The number of aromatic nitrogens is 1. The highest BCUT2D eigenvalue weighted by atomic mass is 15.2. The van der Waals surface area contributed by atoms with Gasteiger partial charge >= 0.3 is 0 Å².